The molecule has 0 saturated carbocycles. The van der Waals surface area contributed by atoms with Gasteiger partial charge in [0, 0.05) is 16.7 Å². The molecule has 0 bridgehead atoms. The molecule has 1 amide bonds. The average Bonchev–Trinajstić information content (AvgIpc) is 3.15. The molecular formula is C22H25N3O3. The van der Waals surface area contributed by atoms with Gasteiger partial charge in [-0.25, -0.2) is 0 Å². The number of rotatable bonds is 6. The molecule has 0 aliphatic carbocycles. The van der Waals surface area contributed by atoms with Crippen LogP contribution in [0.4, 0.5) is 0 Å². The third-order valence-electron chi connectivity index (χ3n) is 4.26. The predicted octanol–water partition coefficient (Wildman–Crippen LogP) is 4.58. The lowest BCUT2D eigenvalue weighted by Crippen LogP contribution is -2.45. The summed E-state index contributed by atoms with van der Waals surface area (Å²) < 4.78 is 10.9. The molecule has 0 atom stereocenters. The summed E-state index contributed by atoms with van der Waals surface area (Å²) >= 11 is 0. The first-order chi connectivity index (χ1) is 13.4. The van der Waals surface area contributed by atoms with E-state index in [2.05, 4.69) is 10.1 Å². The summed E-state index contributed by atoms with van der Waals surface area (Å²) in [5, 5.41) is 4.05. The zero-order chi connectivity index (χ0) is 20.1. The van der Waals surface area contributed by atoms with Crippen molar-refractivity contribution in [3.8, 4) is 17.1 Å². The van der Waals surface area contributed by atoms with Crippen LogP contribution >= 0.6 is 0 Å². The SMILES string of the molecule is CCOc1ccc(C(=O)N(Cc2nc(-c3ccccc3)no2)C(C)(C)C)cc1. The maximum Gasteiger partial charge on any atom is 0.254 e. The summed E-state index contributed by atoms with van der Waals surface area (Å²) in [7, 11) is 0. The van der Waals surface area contributed by atoms with Crippen LogP contribution in [0.25, 0.3) is 11.4 Å². The van der Waals surface area contributed by atoms with Gasteiger partial charge in [-0.15, -0.1) is 0 Å². The summed E-state index contributed by atoms with van der Waals surface area (Å²) in [6.45, 7) is 8.68. The monoisotopic (exact) mass is 379 g/mol. The second-order valence-electron chi connectivity index (χ2n) is 7.40. The van der Waals surface area contributed by atoms with E-state index in [0.29, 0.717) is 23.9 Å². The molecule has 0 N–H and O–H groups in total. The highest BCUT2D eigenvalue weighted by molar-refractivity contribution is 5.94. The molecule has 1 aromatic heterocycles. The fourth-order valence-electron chi connectivity index (χ4n) is 2.79. The van der Waals surface area contributed by atoms with Gasteiger partial charge in [0.15, 0.2) is 0 Å². The Hall–Kier alpha value is -3.15. The summed E-state index contributed by atoms with van der Waals surface area (Å²) in [6.07, 6.45) is 0. The highest BCUT2D eigenvalue weighted by Gasteiger charge is 2.29. The third-order valence-corrected chi connectivity index (χ3v) is 4.26. The molecule has 0 saturated heterocycles. The van der Waals surface area contributed by atoms with E-state index in [4.69, 9.17) is 9.26 Å². The van der Waals surface area contributed by atoms with Crippen molar-refractivity contribution in [2.45, 2.75) is 39.8 Å². The summed E-state index contributed by atoms with van der Waals surface area (Å²) in [6, 6.07) is 16.8. The molecule has 0 unspecified atom stereocenters. The smallest absolute Gasteiger partial charge is 0.254 e. The van der Waals surface area contributed by atoms with Crippen molar-refractivity contribution in [1.82, 2.24) is 15.0 Å². The van der Waals surface area contributed by atoms with Crippen LogP contribution in [0.3, 0.4) is 0 Å². The molecule has 6 heteroatoms. The van der Waals surface area contributed by atoms with E-state index in [1.54, 1.807) is 29.2 Å². The number of hydrogen-bond acceptors (Lipinski definition) is 5. The van der Waals surface area contributed by atoms with Gasteiger partial charge in [-0.1, -0.05) is 35.5 Å². The summed E-state index contributed by atoms with van der Waals surface area (Å²) in [5.41, 5.74) is 1.04. The molecule has 0 fully saturated rings. The van der Waals surface area contributed by atoms with Gasteiger partial charge in [-0.2, -0.15) is 4.98 Å². The molecule has 146 valence electrons. The van der Waals surface area contributed by atoms with Gasteiger partial charge >= 0.3 is 0 Å². The Labute approximate surface area is 165 Å². The molecule has 0 radical (unpaired) electrons. The van der Waals surface area contributed by atoms with Crippen molar-refractivity contribution >= 4 is 5.91 Å². The number of nitrogens with zero attached hydrogens (tertiary/aromatic N) is 3. The molecule has 0 aliphatic rings. The maximum absolute atomic E-state index is 13.1. The fourth-order valence-corrected chi connectivity index (χ4v) is 2.79. The van der Waals surface area contributed by atoms with Crippen LogP contribution in [0, 0.1) is 0 Å². The van der Waals surface area contributed by atoms with Crippen LogP contribution in [0.2, 0.25) is 0 Å². The molecule has 6 nitrogen and oxygen atoms in total. The largest absolute Gasteiger partial charge is 0.494 e. The molecule has 1 heterocycles. The number of ether oxygens (including phenoxy) is 1. The summed E-state index contributed by atoms with van der Waals surface area (Å²) in [4.78, 5) is 19.3. The zero-order valence-corrected chi connectivity index (χ0v) is 16.7. The van der Waals surface area contributed by atoms with Gasteiger partial charge < -0.3 is 14.2 Å². The average molecular weight is 379 g/mol. The van der Waals surface area contributed by atoms with Crippen LogP contribution in [-0.4, -0.2) is 33.1 Å². The van der Waals surface area contributed by atoms with Crippen molar-refractivity contribution in [1.29, 1.82) is 0 Å². The Bertz CT molecular complexity index is 912. The maximum atomic E-state index is 13.1. The van der Waals surface area contributed by atoms with E-state index in [0.717, 1.165) is 11.3 Å². The van der Waals surface area contributed by atoms with Crippen molar-refractivity contribution in [3.63, 3.8) is 0 Å². The quantitative estimate of drug-likeness (QED) is 0.627. The molecule has 3 aromatic rings. The number of aromatic nitrogens is 2. The van der Waals surface area contributed by atoms with E-state index >= 15 is 0 Å². The minimum absolute atomic E-state index is 0.102. The first kappa shape index (κ1) is 19.6. The number of hydrogen-bond donors (Lipinski definition) is 0. The van der Waals surface area contributed by atoms with Crippen molar-refractivity contribution < 1.29 is 14.1 Å². The zero-order valence-electron chi connectivity index (χ0n) is 16.7. The molecule has 0 spiro atoms. The first-order valence-corrected chi connectivity index (χ1v) is 9.31. The van der Waals surface area contributed by atoms with E-state index in [1.807, 2.05) is 58.0 Å². The molecule has 28 heavy (non-hydrogen) atoms. The van der Waals surface area contributed by atoms with Crippen LogP contribution < -0.4 is 4.74 Å². The van der Waals surface area contributed by atoms with Crippen molar-refractivity contribution in [3.05, 3.63) is 66.1 Å². The highest BCUT2D eigenvalue weighted by atomic mass is 16.5. The molecular weight excluding hydrogens is 354 g/mol. The third kappa shape index (κ3) is 4.57. The van der Waals surface area contributed by atoms with Gasteiger partial charge in [-0.05, 0) is 52.0 Å². The van der Waals surface area contributed by atoms with E-state index in [9.17, 15) is 4.79 Å². The molecule has 0 aliphatic heterocycles. The number of amides is 1. The highest BCUT2D eigenvalue weighted by Crippen LogP contribution is 2.23. The lowest BCUT2D eigenvalue weighted by Gasteiger charge is -2.34. The molecule has 2 aromatic carbocycles. The minimum Gasteiger partial charge on any atom is -0.494 e. The van der Waals surface area contributed by atoms with Gasteiger partial charge in [0.1, 0.15) is 12.3 Å². The first-order valence-electron chi connectivity index (χ1n) is 9.31. The van der Waals surface area contributed by atoms with E-state index in [1.165, 1.54) is 0 Å². The second kappa shape index (κ2) is 8.25. The van der Waals surface area contributed by atoms with Crippen LogP contribution in [0.5, 0.6) is 5.75 Å². The Morgan fingerprint density at radius 1 is 1.07 bits per heavy atom. The number of carbonyl (C=O) groups excluding carboxylic acids is 1. The van der Waals surface area contributed by atoms with Crippen LogP contribution in [-0.2, 0) is 6.54 Å². The molecule has 3 rings (SSSR count). The normalized spacial score (nSPS) is 11.3. The van der Waals surface area contributed by atoms with Crippen molar-refractivity contribution in [2.24, 2.45) is 0 Å². The van der Waals surface area contributed by atoms with Crippen LogP contribution in [0.1, 0.15) is 43.9 Å². The fraction of sp³-hybridized carbons (Fsp3) is 0.318. The van der Waals surface area contributed by atoms with E-state index in [-0.39, 0.29) is 12.5 Å². The number of carbonyl (C=O) groups is 1. The lowest BCUT2D eigenvalue weighted by molar-refractivity contribution is 0.0526. The van der Waals surface area contributed by atoms with Gasteiger partial charge in [0.05, 0.1) is 6.61 Å². The topological polar surface area (TPSA) is 68.5 Å². The Balaban J connectivity index is 1.81. The number of benzene rings is 2. The predicted molar refractivity (Wildman–Crippen MR) is 107 cm³/mol. The van der Waals surface area contributed by atoms with Gasteiger partial charge in [0.25, 0.3) is 5.91 Å². The van der Waals surface area contributed by atoms with E-state index < -0.39 is 5.54 Å². The Morgan fingerprint density at radius 3 is 2.36 bits per heavy atom. The second-order valence-corrected chi connectivity index (χ2v) is 7.40. The lowest BCUT2D eigenvalue weighted by atomic mass is 10.0. The Kier molecular flexibility index (Phi) is 5.78. The Morgan fingerprint density at radius 2 is 1.75 bits per heavy atom. The standard InChI is InChI=1S/C22H25N3O3/c1-5-27-18-13-11-17(12-14-18)21(26)25(22(2,3)4)15-19-23-20(24-28-19)16-9-7-6-8-10-16/h6-14H,5,15H2,1-4H3. The summed E-state index contributed by atoms with van der Waals surface area (Å²) in [5.74, 6) is 1.55. The van der Waals surface area contributed by atoms with Crippen LogP contribution in [0.15, 0.2) is 59.1 Å². The van der Waals surface area contributed by atoms with Crippen molar-refractivity contribution in [2.75, 3.05) is 6.61 Å². The van der Waals surface area contributed by atoms with Gasteiger partial charge in [0.2, 0.25) is 11.7 Å². The van der Waals surface area contributed by atoms with Gasteiger partial charge in [-0.3, -0.25) is 4.79 Å². The minimum atomic E-state index is -0.420.